The van der Waals surface area contributed by atoms with E-state index in [4.69, 9.17) is 5.11 Å². The summed E-state index contributed by atoms with van der Waals surface area (Å²) < 4.78 is 0. The molecule has 82 valence electrons. The van der Waals surface area contributed by atoms with E-state index in [1.807, 2.05) is 20.8 Å². The molecule has 1 N–H and O–H groups in total. The number of carbonyl (C=O) groups is 1. The van der Waals surface area contributed by atoms with Crippen LogP contribution in [0.2, 0.25) is 0 Å². The highest BCUT2D eigenvalue weighted by Gasteiger charge is 2.19. The number of hydrogen-bond acceptors (Lipinski definition) is 3. The minimum Gasteiger partial charge on any atom is -0.481 e. The monoisotopic (exact) mass is 208 g/mol. The molecule has 4 nitrogen and oxygen atoms in total. The van der Waals surface area contributed by atoms with Crippen LogP contribution in [0.1, 0.15) is 50.5 Å². The van der Waals surface area contributed by atoms with Crippen molar-refractivity contribution in [1.82, 2.24) is 9.97 Å². The van der Waals surface area contributed by atoms with Crippen molar-refractivity contribution >= 4 is 5.97 Å². The van der Waals surface area contributed by atoms with Crippen LogP contribution in [0.5, 0.6) is 0 Å². The molecular weight excluding hydrogens is 192 g/mol. The van der Waals surface area contributed by atoms with Gasteiger partial charge in [0.25, 0.3) is 0 Å². The van der Waals surface area contributed by atoms with E-state index in [1.165, 1.54) is 0 Å². The summed E-state index contributed by atoms with van der Waals surface area (Å²) in [5.74, 6) is -0.431. The predicted octanol–water partition coefficient (Wildman–Crippen LogP) is 2.18. The van der Waals surface area contributed by atoms with Crippen molar-refractivity contribution in [3.05, 3.63) is 23.8 Å². The zero-order chi connectivity index (χ0) is 11.4. The molecule has 1 aromatic rings. The van der Waals surface area contributed by atoms with E-state index in [0.29, 0.717) is 17.9 Å². The lowest BCUT2D eigenvalue weighted by molar-refractivity contribution is -0.138. The van der Waals surface area contributed by atoms with Crippen molar-refractivity contribution in [3.63, 3.8) is 0 Å². The lowest BCUT2D eigenvalue weighted by atomic mass is 10.0. The van der Waals surface area contributed by atoms with Crippen molar-refractivity contribution in [3.8, 4) is 0 Å². The molecule has 1 aromatic heterocycles. The smallest absolute Gasteiger partial charge is 0.312 e. The summed E-state index contributed by atoms with van der Waals surface area (Å²) in [6, 6.07) is 1.67. The van der Waals surface area contributed by atoms with Crippen molar-refractivity contribution in [2.24, 2.45) is 0 Å². The van der Waals surface area contributed by atoms with Crippen LogP contribution in [0.4, 0.5) is 0 Å². The van der Waals surface area contributed by atoms with Gasteiger partial charge in [0.1, 0.15) is 5.82 Å². The van der Waals surface area contributed by atoms with Gasteiger partial charge < -0.3 is 5.11 Å². The van der Waals surface area contributed by atoms with Crippen LogP contribution in [-0.2, 0) is 4.79 Å². The maximum Gasteiger partial charge on any atom is 0.312 e. The molecule has 0 aliphatic carbocycles. The Morgan fingerprint density at radius 1 is 1.53 bits per heavy atom. The topological polar surface area (TPSA) is 63.1 Å². The molecule has 4 heteroatoms. The first-order valence-electron chi connectivity index (χ1n) is 5.11. The van der Waals surface area contributed by atoms with Crippen molar-refractivity contribution in [2.75, 3.05) is 0 Å². The Morgan fingerprint density at radius 3 is 2.67 bits per heavy atom. The quantitative estimate of drug-likeness (QED) is 0.823. The highest BCUT2D eigenvalue weighted by Crippen LogP contribution is 2.18. The largest absolute Gasteiger partial charge is 0.481 e. The summed E-state index contributed by atoms with van der Waals surface area (Å²) in [6.07, 6.45) is 2.17. The minimum atomic E-state index is -0.828. The Bertz CT molecular complexity index is 350. The maximum atomic E-state index is 11.0. The second-order valence-electron chi connectivity index (χ2n) is 3.79. The normalized spacial score (nSPS) is 12.8. The molecule has 0 amide bonds. The van der Waals surface area contributed by atoms with Crippen molar-refractivity contribution in [1.29, 1.82) is 0 Å². The second kappa shape index (κ2) is 4.87. The second-order valence-corrected chi connectivity index (χ2v) is 3.79. The number of aromatic nitrogens is 2. The molecule has 0 aliphatic heterocycles. The zero-order valence-corrected chi connectivity index (χ0v) is 9.27. The summed E-state index contributed by atoms with van der Waals surface area (Å²) in [5, 5.41) is 9.00. The molecule has 1 atom stereocenters. The standard InChI is InChI=1S/C11H16N2O2/c1-4-8(11(14)15)9-5-6-12-10(13-9)7(2)3/h5-8H,4H2,1-3H3,(H,14,15). The summed E-state index contributed by atoms with van der Waals surface area (Å²) in [4.78, 5) is 19.3. The number of aliphatic carboxylic acids is 1. The average Bonchev–Trinajstić information content (AvgIpc) is 2.18. The Hall–Kier alpha value is -1.45. The van der Waals surface area contributed by atoms with Crippen LogP contribution in [-0.4, -0.2) is 21.0 Å². The zero-order valence-electron chi connectivity index (χ0n) is 9.27. The van der Waals surface area contributed by atoms with E-state index >= 15 is 0 Å². The average molecular weight is 208 g/mol. The van der Waals surface area contributed by atoms with E-state index in [0.717, 1.165) is 0 Å². The van der Waals surface area contributed by atoms with E-state index in [9.17, 15) is 4.79 Å². The van der Waals surface area contributed by atoms with E-state index < -0.39 is 11.9 Å². The molecule has 0 radical (unpaired) electrons. The first kappa shape index (κ1) is 11.6. The van der Waals surface area contributed by atoms with Gasteiger partial charge in [-0.25, -0.2) is 9.97 Å². The fourth-order valence-corrected chi connectivity index (χ4v) is 1.37. The third kappa shape index (κ3) is 2.75. The summed E-state index contributed by atoms with van der Waals surface area (Å²) in [6.45, 7) is 5.82. The maximum absolute atomic E-state index is 11.0. The number of carboxylic acid groups (broad SMARTS) is 1. The molecular formula is C11H16N2O2. The highest BCUT2D eigenvalue weighted by molar-refractivity contribution is 5.75. The van der Waals surface area contributed by atoms with Crippen LogP contribution in [0.15, 0.2) is 12.3 Å². The molecule has 1 heterocycles. The summed E-state index contributed by atoms with van der Waals surface area (Å²) in [5.41, 5.74) is 0.601. The van der Waals surface area contributed by atoms with Gasteiger partial charge in [0.15, 0.2) is 0 Å². The molecule has 1 rings (SSSR count). The highest BCUT2D eigenvalue weighted by atomic mass is 16.4. The van der Waals surface area contributed by atoms with Crippen LogP contribution in [0.25, 0.3) is 0 Å². The summed E-state index contributed by atoms with van der Waals surface area (Å²) >= 11 is 0. The molecule has 15 heavy (non-hydrogen) atoms. The minimum absolute atomic E-state index is 0.219. The van der Waals surface area contributed by atoms with Gasteiger partial charge in [-0.15, -0.1) is 0 Å². The molecule has 0 bridgehead atoms. The van der Waals surface area contributed by atoms with E-state index in [-0.39, 0.29) is 5.92 Å². The van der Waals surface area contributed by atoms with Gasteiger partial charge in [0, 0.05) is 12.1 Å². The molecule has 0 saturated heterocycles. The van der Waals surface area contributed by atoms with Gasteiger partial charge in [-0.2, -0.15) is 0 Å². The van der Waals surface area contributed by atoms with Crippen molar-refractivity contribution in [2.45, 2.75) is 39.0 Å². The lowest BCUT2D eigenvalue weighted by Crippen LogP contribution is -2.13. The first-order valence-corrected chi connectivity index (χ1v) is 5.11. The summed E-state index contributed by atoms with van der Waals surface area (Å²) in [7, 11) is 0. The fourth-order valence-electron chi connectivity index (χ4n) is 1.37. The van der Waals surface area contributed by atoms with Gasteiger partial charge in [0.05, 0.1) is 11.6 Å². The fraction of sp³-hybridized carbons (Fsp3) is 0.545. The Kier molecular flexibility index (Phi) is 3.77. The van der Waals surface area contributed by atoms with Gasteiger partial charge in [-0.05, 0) is 12.5 Å². The number of hydrogen-bond donors (Lipinski definition) is 1. The number of nitrogens with zero attached hydrogens (tertiary/aromatic N) is 2. The molecule has 0 spiro atoms. The van der Waals surface area contributed by atoms with Crippen LogP contribution < -0.4 is 0 Å². The number of rotatable bonds is 4. The van der Waals surface area contributed by atoms with E-state index in [2.05, 4.69) is 9.97 Å². The Balaban J connectivity index is 3.03. The molecule has 1 unspecified atom stereocenters. The SMILES string of the molecule is CCC(C(=O)O)c1ccnc(C(C)C)n1. The molecule has 0 aliphatic rings. The molecule has 0 fully saturated rings. The van der Waals surface area contributed by atoms with E-state index in [1.54, 1.807) is 12.3 Å². The van der Waals surface area contributed by atoms with Crippen molar-refractivity contribution < 1.29 is 9.90 Å². The molecule has 0 aromatic carbocycles. The van der Waals surface area contributed by atoms with Crippen LogP contribution >= 0.6 is 0 Å². The van der Waals surface area contributed by atoms with Gasteiger partial charge in [-0.1, -0.05) is 20.8 Å². The van der Waals surface area contributed by atoms with Gasteiger partial charge in [-0.3, -0.25) is 4.79 Å². The van der Waals surface area contributed by atoms with Crippen LogP contribution in [0.3, 0.4) is 0 Å². The first-order chi connectivity index (χ1) is 7.06. The predicted molar refractivity (Wildman–Crippen MR) is 56.8 cm³/mol. The third-order valence-electron chi connectivity index (χ3n) is 2.28. The Morgan fingerprint density at radius 2 is 2.20 bits per heavy atom. The van der Waals surface area contributed by atoms with Gasteiger partial charge >= 0.3 is 5.97 Å². The number of carboxylic acids is 1. The Labute approximate surface area is 89.4 Å². The van der Waals surface area contributed by atoms with Gasteiger partial charge in [0.2, 0.25) is 0 Å². The molecule has 0 saturated carbocycles. The van der Waals surface area contributed by atoms with Crippen LogP contribution in [0, 0.1) is 0 Å². The lowest BCUT2D eigenvalue weighted by Gasteiger charge is -2.11. The third-order valence-corrected chi connectivity index (χ3v) is 2.28.